The molecule has 0 spiro atoms. The van der Waals surface area contributed by atoms with Crippen LogP contribution < -0.4 is 11.1 Å². The molecule has 82 valence electrons. The zero-order valence-electron chi connectivity index (χ0n) is 8.32. The summed E-state index contributed by atoms with van der Waals surface area (Å²) in [4.78, 5) is 23.2. The van der Waals surface area contributed by atoms with Crippen LogP contribution in [0.3, 0.4) is 0 Å². The summed E-state index contributed by atoms with van der Waals surface area (Å²) in [6.45, 7) is 3.79. The maximum absolute atomic E-state index is 11.0. The normalized spacial score (nSPS) is 10.2. The molecule has 0 aromatic carbocycles. The van der Waals surface area contributed by atoms with E-state index in [1.807, 2.05) is 17.1 Å². The van der Waals surface area contributed by atoms with Gasteiger partial charge in [0.05, 0.1) is 6.61 Å². The summed E-state index contributed by atoms with van der Waals surface area (Å²) in [6, 6.07) is -0.833. The van der Waals surface area contributed by atoms with Crippen molar-refractivity contribution in [2.45, 2.75) is 13.3 Å². The molecule has 14 heavy (non-hydrogen) atoms. The Hall–Kier alpha value is -1.14. The smallest absolute Gasteiger partial charge is 0.318 e. The van der Waals surface area contributed by atoms with Gasteiger partial charge in [-0.1, -0.05) is 6.92 Å². The fourth-order valence-electron chi connectivity index (χ4n) is 1.03. The molecule has 3 amide bonds. The van der Waals surface area contributed by atoms with Crippen molar-refractivity contribution in [3.8, 4) is 0 Å². The minimum Gasteiger partial charge on any atom is -0.395 e. The van der Waals surface area contributed by atoms with Crippen LogP contribution in [0.25, 0.3) is 0 Å². The van der Waals surface area contributed by atoms with Gasteiger partial charge in [0.1, 0.15) is 0 Å². The lowest BCUT2D eigenvalue weighted by molar-refractivity contribution is -0.120. The number of urea groups is 1. The molecule has 0 saturated heterocycles. The first-order chi connectivity index (χ1) is 6.60. The Labute approximate surface area is 83.1 Å². The van der Waals surface area contributed by atoms with E-state index < -0.39 is 11.9 Å². The fourth-order valence-corrected chi connectivity index (χ4v) is 1.03. The largest absolute Gasteiger partial charge is 0.395 e. The van der Waals surface area contributed by atoms with Crippen molar-refractivity contribution < 1.29 is 14.7 Å². The molecule has 0 aliphatic carbocycles. The number of hydrogen-bond acceptors (Lipinski definition) is 4. The topological polar surface area (TPSA) is 95.7 Å². The lowest BCUT2D eigenvalue weighted by Gasteiger charge is -2.17. The van der Waals surface area contributed by atoms with Gasteiger partial charge in [0.25, 0.3) is 0 Å². The van der Waals surface area contributed by atoms with E-state index in [1.54, 1.807) is 0 Å². The Morgan fingerprint density at radius 3 is 2.50 bits per heavy atom. The van der Waals surface area contributed by atoms with Crippen molar-refractivity contribution in [1.82, 2.24) is 10.2 Å². The van der Waals surface area contributed by atoms with Gasteiger partial charge in [-0.25, -0.2) is 4.79 Å². The number of aliphatic hydroxyl groups is 1. The molecule has 0 radical (unpaired) electrons. The number of imide groups is 1. The molecular weight excluding hydrogens is 186 g/mol. The highest BCUT2D eigenvalue weighted by molar-refractivity contribution is 5.93. The Morgan fingerprint density at radius 2 is 2.07 bits per heavy atom. The molecule has 0 heterocycles. The van der Waals surface area contributed by atoms with Crippen LogP contribution in [0.2, 0.25) is 0 Å². The van der Waals surface area contributed by atoms with Crippen LogP contribution in [0.5, 0.6) is 0 Å². The van der Waals surface area contributed by atoms with Crippen LogP contribution in [0.1, 0.15) is 13.3 Å². The predicted molar refractivity (Wildman–Crippen MR) is 51.5 cm³/mol. The number of nitrogens with zero attached hydrogens (tertiary/aromatic N) is 1. The van der Waals surface area contributed by atoms with Crippen LogP contribution in [0.15, 0.2) is 0 Å². The molecule has 0 unspecified atom stereocenters. The molecule has 6 heteroatoms. The number of nitrogens with two attached hydrogens (primary N) is 1. The molecule has 0 aliphatic heterocycles. The SMILES string of the molecule is CCN(CCO)CCC(=O)NC(N)=O. The number of primary amides is 1. The Kier molecular flexibility index (Phi) is 6.69. The van der Waals surface area contributed by atoms with E-state index in [0.29, 0.717) is 13.1 Å². The molecule has 0 atom stereocenters. The van der Waals surface area contributed by atoms with Gasteiger partial charge in [-0.15, -0.1) is 0 Å². The summed E-state index contributed by atoms with van der Waals surface area (Å²) in [5.41, 5.74) is 4.77. The monoisotopic (exact) mass is 203 g/mol. The third-order valence-electron chi connectivity index (χ3n) is 1.78. The van der Waals surface area contributed by atoms with E-state index in [0.717, 1.165) is 6.54 Å². The molecule has 0 bridgehead atoms. The van der Waals surface area contributed by atoms with E-state index in [9.17, 15) is 9.59 Å². The molecule has 0 aliphatic rings. The number of amides is 3. The summed E-state index contributed by atoms with van der Waals surface area (Å²) in [6.07, 6.45) is 0.205. The van der Waals surface area contributed by atoms with Crippen LogP contribution in [-0.2, 0) is 4.79 Å². The standard InChI is InChI=1S/C8H17N3O3/c1-2-11(5-6-12)4-3-7(13)10-8(9)14/h12H,2-6H2,1H3,(H3,9,10,13,14). The van der Waals surface area contributed by atoms with Crippen molar-refractivity contribution in [1.29, 1.82) is 0 Å². The van der Waals surface area contributed by atoms with Gasteiger partial charge in [-0.2, -0.15) is 0 Å². The molecule has 6 nitrogen and oxygen atoms in total. The van der Waals surface area contributed by atoms with Crippen molar-refractivity contribution in [2.24, 2.45) is 5.73 Å². The number of carbonyl (C=O) groups excluding carboxylic acids is 2. The second-order valence-corrected chi connectivity index (χ2v) is 2.82. The van der Waals surface area contributed by atoms with Crippen molar-refractivity contribution in [3.63, 3.8) is 0 Å². The van der Waals surface area contributed by atoms with Crippen molar-refractivity contribution >= 4 is 11.9 Å². The Balaban J connectivity index is 3.67. The molecule has 0 aromatic rings. The first-order valence-electron chi connectivity index (χ1n) is 4.52. The number of rotatable bonds is 6. The highest BCUT2D eigenvalue weighted by Crippen LogP contribution is 1.90. The molecular formula is C8H17N3O3. The Bertz CT molecular complexity index is 196. The minimum absolute atomic E-state index is 0.0608. The van der Waals surface area contributed by atoms with Gasteiger partial charge < -0.3 is 15.7 Å². The third kappa shape index (κ3) is 6.38. The zero-order chi connectivity index (χ0) is 11.0. The summed E-state index contributed by atoms with van der Waals surface area (Å²) in [7, 11) is 0. The van der Waals surface area contributed by atoms with Gasteiger partial charge in [-0.05, 0) is 6.54 Å². The second-order valence-electron chi connectivity index (χ2n) is 2.82. The van der Waals surface area contributed by atoms with Crippen LogP contribution >= 0.6 is 0 Å². The number of nitrogens with one attached hydrogen (secondary N) is 1. The maximum Gasteiger partial charge on any atom is 0.318 e. The van der Waals surface area contributed by atoms with Gasteiger partial charge in [0, 0.05) is 19.5 Å². The number of aliphatic hydroxyl groups excluding tert-OH is 1. The predicted octanol–water partition coefficient (Wildman–Crippen LogP) is -1.11. The first-order valence-corrected chi connectivity index (χ1v) is 4.52. The van der Waals surface area contributed by atoms with E-state index in [4.69, 9.17) is 10.8 Å². The van der Waals surface area contributed by atoms with Crippen LogP contribution in [0.4, 0.5) is 4.79 Å². The van der Waals surface area contributed by atoms with Gasteiger partial charge in [0.2, 0.25) is 5.91 Å². The molecule has 0 aromatic heterocycles. The lowest BCUT2D eigenvalue weighted by atomic mass is 10.3. The van der Waals surface area contributed by atoms with E-state index in [1.165, 1.54) is 0 Å². The Morgan fingerprint density at radius 1 is 1.43 bits per heavy atom. The van der Waals surface area contributed by atoms with E-state index in [-0.39, 0.29) is 13.0 Å². The summed E-state index contributed by atoms with van der Waals surface area (Å²) in [5, 5.41) is 10.6. The molecule has 0 fully saturated rings. The van der Waals surface area contributed by atoms with Gasteiger partial charge in [-0.3, -0.25) is 10.1 Å². The lowest BCUT2D eigenvalue weighted by Crippen LogP contribution is -2.37. The number of carbonyl (C=O) groups is 2. The molecule has 4 N–H and O–H groups in total. The second kappa shape index (κ2) is 7.28. The third-order valence-corrected chi connectivity index (χ3v) is 1.78. The highest BCUT2D eigenvalue weighted by Gasteiger charge is 2.07. The molecule has 0 saturated carbocycles. The van der Waals surface area contributed by atoms with Crippen LogP contribution in [0, 0.1) is 0 Å². The van der Waals surface area contributed by atoms with E-state index in [2.05, 4.69) is 0 Å². The van der Waals surface area contributed by atoms with Crippen molar-refractivity contribution in [3.05, 3.63) is 0 Å². The number of hydrogen-bond donors (Lipinski definition) is 3. The van der Waals surface area contributed by atoms with Crippen LogP contribution in [-0.4, -0.2) is 48.2 Å². The average molecular weight is 203 g/mol. The number of likely N-dealkylation sites (N-methyl/N-ethyl adjacent to an activating group) is 1. The highest BCUT2D eigenvalue weighted by atomic mass is 16.3. The minimum atomic E-state index is -0.833. The van der Waals surface area contributed by atoms with E-state index >= 15 is 0 Å². The van der Waals surface area contributed by atoms with Gasteiger partial charge >= 0.3 is 6.03 Å². The quantitative estimate of drug-likeness (QED) is 0.510. The average Bonchev–Trinajstić information content (AvgIpc) is 2.11. The summed E-state index contributed by atoms with van der Waals surface area (Å²) < 4.78 is 0. The summed E-state index contributed by atoms with van der Waals surface area (Å²) >= 11 is 0. The van der Waals surface area contributed by atoms with Crippen molar-refractivity contribution in [2.75, 3.05) is 26.2 Å². The zero-order valence-corrected chi connectivity index (χ0v) is 8.32. The fraction of sp³-hybridized carbons (Fsp3) is 0.750. The first kappa shape index (κ1) is 12.9. The van der Waals surface area contributed by atoms with Gasteiger partial charge in [0.15, 0.2) is 0 Å². The molecule has 0 rings (SSSR count). The summed E-state index contributed by atoms with van der Waals surface area (Å²) in [5.74, 6) is -0.395. The maximum atomic E-state index is 11.0.